The summed E-state index contributed by atoms with van der Waals surface area (Å²) in [5.41, 5.74) is 11.9. The minimum Gasteiger partial charge on any atom is -0.398 e. The lowest BCUT2D eigenvalue weighted by molar-refractivity contribution is 0.0419. The normalized spacial score (nSPS) is 32.9. The van der Waals surface area contributed by atoms with E-state index < -0.39 is 5.66 Å². The molecule has 2 aliphatic heterocycles. The van der Waals surface area contributed by atoms with E-state index in [1.54, 1.807) is 0 Å². The molecular weight excluding hydrogens is 216 g/mol. The number of halogens is 1. The second-order valence-corrected chi connectivity index (χ2v) is 4.24. The minimum atomic E-state index is -0.775. The molecule has 6 heteroatoms. The summed E-state index contributed by atoms with van der Waals surface area (Å²) in [6, 6.07) is 0. The van der Waals surface area contributed by atoms with Crippen LogP contribution in [0.4, 0.5) is 0 Å². The minimum absolute atomic E-state index is 0.228. The third kappa shape index (κ3) is 1.95. The highest BCUT2D eigenvalue weighted by Gasteiger charge is 2.40. The van der Waals surface area contributed by atoms with Crippen molar-refractivity contribution in [1.29, 1.82) is 0 Å². The predicted octanol–water partition coefficient (Wildman–Crippen LogP) is 0.0661. The Labute approximate surface area is 93.5 Å². The van der Waals surface area contributed by atoms with Gasteiger partial charge in [-0.15, -0.1) is 0 Å². The molecule has 0 aromatic carbocycles. The summed E-state index contributed by atoms with van der Waals surface area (Å²) < 4.78 is 5.29. The second kappa shape index (κ2) is 4.00. The topological polar surface area (TPSA) is 85.7 Å². The third-order valence-corrected chi connectivity index (χ3v) is 3.16. The maximum absolute atomic E-state index is 6.24. The average molecular weight is 231 g/mol. The molecular formula is C9H15ClN4O. The van der Waals surface area contributed by atoms with E-state index in [2.05, 4.69) is 10.3 Å². The van der Waals surface area contributed by atoms with Gasteiger partial charge in [-0.05, 0) is 24.4 Å². The van der Waals surface area contributed by atoms with Gasteiger partial charge in [0.05, 0.1) is 11.9 Å². The molecule has 0 aromatic heterocycles. The van der Waals surface area contributed by atoms with Gasteiger partial charge in [0.2, 0.25) is 0 Å². The molecule has 0 aliphatic carbocycles. The van der Waals surface area contributed by atoms with E-state index in [-0.39, 0.29) is 11.2 Å². The first kappa shape index (κ1) is 10.7. The van der Waals surface area contributed by atoms with Crippen LogP contribution in [0.15, 0.2) is 16.9 Å². The molecule has 5 N–H and O–H groups in total. The smallest absolute Gasteiger partial charge is 0.197 e. The second-order valence-electron chi connectivity index (χ2n) is 3.89. The summed E-state index contributed by atoms with van der Waals surface area (Å²) >= 11 is 5.81. The van der Waals surface area contributed by atoms with Crippen molar-refractivity contribution in [3.05, 3.63) is 11.9 Å². The van der Waals surface area contributed by atoms with Crippen LogP contribution in [0.2, 0.25) is 0 Å². The summed E-state index contributed by atoms with van der Waals surface area (Å²) in [7, 11) is 0. The molecule has 0 spiro atoms. The van der Waals surface area contributed by atoms with E-state index in [9.17, 15) is 0 Å². The van der Waals surface area contributed by atoms with E-state index in [1.165, 1.54) is 6.20 Å². The van der Waals surface area contributed by atoms with E-state index in [1.807, 2.05) is 0 Å². The van der Waals surface area contributed by atoms with Crippen molar-refractivity contribution in [2.45, 2.75) is 18.5 Å². The fourth-order valence-corrected chi connectivity index (χ4v) is 2.20. The Hall–Kier alpha value is -0.780. The molecule has 1 unspecified atom stereocenters. The lowest BCUT2D eigenvalue weighted by Gasteiger charge is -2.41. The van der Waals surface area contributed by atoms with Gasteiger partial charge in [-0.2, -0.15) is 0 Å². The Morgan fingerprint density at radius 1 is 1.53 bits per heavy atom. The van der Waals surface area contributed by atoms with Crippen LogP contribution in [0.25, 0.3) is 0 Å². The van der Waals surface area contributed by atoms with E-state index in [0.717, 1.165) is 12.8 Å². The number of nitrogens with one attached hydrogen (secondary N) is 1. The Morgan fingerprint density at radius 3 is 2.87 bits per heavy atom. The lowest BCUT2D eigenvalue weighted by Crippen LogP contribution is -2.64. The van der Waals surface area contributed by atoms with Gasteiger partial charge in [-0.1, -0.05) is 0 Å². The largest absolute Gasteiger partial charge is 0.398 e. The first-order chi connectivity index (χ1) is 7.13. The highest BCUT2D eigenvalue weighted by molar-refractivity contribution is 6.64. The highest BCUT2D eigenvalue weighted by Crippen LogP contribution is 2.29. The maximum atomic E-state index is 6.24. The van der Waals surface area contributed by atoms with Crippen LogP contribution < -0.4 is 16.8 Å². The summed E-state index contributed by atoms with van der Waals surface area (Å²) in [6.07, 6.45) is 3.28. The zero-order valence-corrected chi connectivity index (χ0v) is 9.13. The average Bonchev–Trinajstić information content (AvgIpc) is 2.25. The summed E-state index contributed by atoms with van der Waals surface area (Å²) in [5, 5.41) is 3.25. The summed E-state index contributed by atoms with van der Waals surface area (Å²) in [6.45, 7) is 1.43. The van der Waals surface area contributed by atoms with Crippen molar-refractivity contribution >= 4 is 16.9 Å². The summed E-state index contributed by atoms with van der Waals surface area (Å²) in [4.78, 5) is 3.87. The standard InChI is InChI=1S/C9H15ClN4O/c10-8-13-5-7(11)9(12,14-8)6-1-3-15-4-2-6/h5-6H,1-4,11-12H2,(H,13,14). The van der Waals surface area contributed by atoms with Gasteiger partial charge in [-0.25, -0.2) is 4.99 Å². The Morgan fingerprint density at radius 2 is 2.20 bits per heavy atom. The molecule has 2 rings (SSSR count). The molecule has 5 nitrogen and oxygen atoms in total. The third-order valence-electron chi connectivity index (χ3n) is 2.97. The molecule has 0 bridgehead atoms. The maximum Gasteiger partial charge on any atom is 0.197 e. The number of rotatable bonds is 1. The van der Waals surface area contributed by atoms with Gasteiger partial charge in [0, 0.05) is 19.1 Å². The number of ether oxygens (including phenoxy) is 1. The number of nitrogens with zero attached hydrogens (tertiary/aromatic N) is 1. The zero-order chi connectivity index (χ0) is 10.9. The Balaban J connectivity index is 2.18. The molecule has 1 atom stereocenters. The Bertz CT molecular complexity index is 311. The predicted molar refractivity (Wildman–Crippen MR) is 59.2 cm³/mol. The Kier molecular flexibility index (Phi) is 2.86. The van der Waals surface area contributed by atoms with Crippen LogP contribution >= 0.6 is 11.6 Å². The van der Waals surface area contributed by atoms with Gasteiger partial charge in [0.25, 0.3) is 0 Å². The number of aliphatic imine (C=N–C) groups is 1. The van der Waals surface area contributed by atoms with Crippen molar-refractivity contribution in [3.63, 3.8) is 0 Å². The van der Waals surface area contributed by atoms with Crippen molar-refractivity contribution < 1.29 is 4.74 Å². The van der Waals surface area contributed by atoms with E-state index in [0.29, 0.717) is 18.9 Å². The number of amidine groups is 1. The molecule has 0 aromatic rings. The first-order valence-electron chi connectivity index (χ1n) is 4.97. The van der Waals surface area contributed by atoms with Crippen LogP contribution in [0, 0.1) is 5.92 Å². The van der Waals surface area contributed by atoms with Crippen molar-refractivity contribution in [2.24, 2.45) is 22.4 Å². The quantitative estimate of drug-likeness (QED) is 0.557. The molecule has 2 heterocycles. The van der Waals surface area contributed by atoms with Crippen LogP contribution in [-0.4, -0.2) is 24.2 Å². The molecule has 0 radical (unpaired) electrons. The molecule has 2 aliphatic rings. The fourth-order valence-electron chi connectivity index (χ4n) is 2.00. The van der Waals surface area contributed by atoms with Gasteiger partial charge in [-0.3, -0.25) is 0 Å². The molecule has 0 saturated carbocycles. The van der Waals surface area contributed by atoms with Crippen molar-refractivity contribution in [2.75, 3.05) is 13.2 Å². The van der Waals surface area contributed by atoms with Gasteiger partial charge in [0.1, 0.15) is 5.66 Å². The zero-order valence-electron chi connectivity index (χ0n) is 8.37. The first-order valence-corrected chi connectivity index (χ1v) is 5.35. The van der Waals surface area contributed by atoms with Gasteiger partial charge < -0.3 is 21.5 Å². The summed E-state index contributed by atoms with van der Waals surface area (Å²) in [5.74, 6) is 0.228. The van der Waals surface area contributed by atoms with Crippen molar-refractivity contribution in [3.8, 4) is 0 Å². The van der Waals surface area contributed by atoms with Crippen LogP contribution in [0.1, 0.15) is 12.8 Å². The highest BCUT2D eigenvalue weighted by atomic mass is 35.5. The number of nitrogens with two attached hydrogens (primary N) is 2. The molecule has 0 amide bonds. The number of hydrogen-bond acceptors (Lipinski definition) is 5. The number of hydrogen-bond donors (Lipinski definition) is 3. The fraction of sp³-hybridized carbons (Fsp3) is 0.667. The molecule has 84 valence electrons. The van der Waals surface area contributed by atoms with Crippen LogP contribution in [-0.2, 0) is 4.74 Å². The monoisotopic (exact) mass is 230 g/mol. The molecule has 15 heavy (non-hydrogen) atoms. The van der Waals surface area contributed by atoms with E-state index >= 15 is 0 Å². The van der Waals surface area contributed by atoms with Gasteiger partial charge >= 0.3 is 0 Å². The molecule has 1 saturated heterocycles. The van der Waals surface area contributed by atoms with E-state index in [4.69, 9.17) is 27.8 Å². The van der Waals surface area contributed by atoms with Crippen LogP contribution in [0.5, 0.6) is 0 Å². The molecule has 1 fully saturated rings. The van der Waals surface area contributed by atoms with Gasteiger partial charge in [0.15, 0.2) is 5.29 Å². The lowest BCUT2D eigenvalue weighted by atomic mass is 9.84. The van der Waals surface area contributed by atoms with Crippen LogP contribution in [0.3, 0.4) is 0 Å². The SMILES string of the molecule is NC1=CN=C(Cl)NC1(N)C1CCOCC1. The van der Waals surface area contributed by atoms with Crippen molar-refractivity contribution in [1.82, 2.24) is 5.32 Å².